The van der Waals surface area contributed by atoms with Gasteiger partial charge in [0.05, 0.1) is 16.5 Å². The monoisotopic (exact) mass is 539 g/mol. The summed E-state index contributed by atoms with van der Waals surface area (Å²) in [6.45, 7) is 3.16. The highest BCUT2D eigenvalue weighted by Crippen LogP contribution is 2.35. The maximum absolute atomic E-state index is 13.9. The Morgan fingerprint density at radius 1 is 0.789 bits per heavy atom. The average Bonchev–Trinajstić information content (AvgIpc) is 2.93. The maximum atomic E-state index is 13.9. The van der Waals surface area contributed by atoms with Crippen LogP contribution in [0, 0.1) is 18.3 Å². The van der Waals surface area contributed by atoms with Crippen LogP contribution in [0.4, 0.5) is 0 Å². The van der Waals surface area contributed by atoms with Gasteiger partial charge in [0.1, 0.15) is 4.75 Å². The van der Waals surface area contributed by atoms with E-state index in [4.69, 9.17) is 5.26 Å². The summed E-state index contributed by atoms with van der Waals surface area (Å²) in [6.07, 6.45) is -0.547. The zero-order chi connectivity index (χ0) is 27.3. The zero-order valence-corrected chi connectivity index (χ0v) is 22.6. The van der Waals surface area contributed by atoms with Gasteiger partial charge in [-0.2, -0.15) is 5.26 Å². The Morgan fingerprint density at radius 3 is 1.92 bits per heavy atom. The van der Waals surface area contributed by atoms with Crippen LogP contribution < -0.4 is 0 Å². The summed E-state index contributed by atoms with van der Waals surface area (Å²) in [5.74, 6) is -1.16. The standard InChI is InChI=1S/C31H25NO4S2/c1-22-8-18-28(19-9-22)38(35,36)31(2,20-29(33)24-12-10-23(21-32)11-13-24)30(34)25-14-16-27(17-15-25)37-26-6-4-3-5-7-26/h3-19H,20H2,1-2H3. The van der Waals surface area contributed by atoms with Gasteiger partial charge in [-0.05, 0) is 62.4 Å². The molecule has 0 aliphatic rings. The molecule has 1 unspecified atom stereocenters. The van der Waals surface area contributed by atoms with Crippen LogP contribution in [0.25, 0.3) is 0 Å². The van der Waals surface area contributed by atoms with Crippen LogP contribution in [0.1, 0.15) is 45.2 Å². The molecule has 0 aliphatic heterocycles. The largest absolute Gasteiger partial charge is 0.294 e. The predicted octanol–water partition coefficient (Wildman–Crippen LogP) is 6.71. The second-order valence-electron chi connectivity index (χ2n) is 9.11. The molecule has 0 saturated carbocycles. The zero-order valence-electron chi connectivity index (χ0n) is 20.9. The fourth-order valence-electron chi connectivity index (χ4n) is 4.02. The summed E-state index contributed by atoms with van der Waals surface area (Å²) >= 11 is 1.52. The van der Waals surface area contributed by atoms with E-state index in [1.165, 1.54) is 55.1 Å². The van der Waals surface area contributed by atoms with E-state index in [-0.39, 0.29) is 16.0 Å². The van der Waals surface area contributed by atoms with Crippen LogP contribution in [0.5, 0.6) is 0 Å². The van der Waals surface area contributed by atoms with Crippen LogP contribution in [0.15, 0.2) is 118 Å². The van der Waals surface area contributed by atoms with Gasteiger partial charge in [0.25, 0.3) is 0 Å². The van der Waals surface area contributed by atoms with E-state index in [1.54, 1.807) is 36.4 Å². The Bertz CT molecular complexity index is 1610. The van der Waals surface area contributed by atoms with Crippen LogP contribution in [0.3, 0.4) is 0 Å². The van der Waals surface area contributed by atoms with Crippen molar-refractivity contribution >= 4 is 33.2 Å². The van der Waals surface area contributed by atoms with Crippen LogP contribution in [-0.2, 0) is 9.84 Å². The molecular weight excluding hydrogens is 514 g/mol. The van der Waals surface area contributed by atoms with Crippen molar-refractivity contribution in [3.05, 3.63) is 125 Å². The van der Waals surface area contributed by atoms with E-state index in [0.29, 0.717) is 5.56 Å². The van der Waals surface area contributed by atoms with Crippen LogP contribution >= 0.6 is 11.8 Å². The lowest BCUT2D eigenvalue weighted by molar-refractivity contribution is 0.0879. The Kier molecular flexibility index (Phi) is 7.96. The molecule has 7 heteroatoms. The number of carbonyl (C=O) groups excluding carboxylic acids is 2. The first-order valence-electron chi connectivity index (χ1n) is 11.9. The molecule has 5 nitrogen and oxygen atoms in total. The molecular formula is C31H25NO4S2. The highest BCUT2D eigenvalue weighted by Gasteiger charge is 2.48. The molecule has 0 fully saturated rings. The van der Waals surface area contributed by atoms with E-state index >= 15 is 0 Å². The Morgan fingerprint density at radius 2 is 1.34 bits per heavy atom. The minimum atomic E-state index is -4.27. The van der Waals surface area contributed by atoms with Crippen molar-refractivity contribution in [2.45, 2.75) is 39.7 Å². The smallest absolute Gasteiger partial charge is 0.191 e. The summed E-state index contributed by atoms with van der Waals surface area (Å²) in [4.78, 5) is 29.1. The van der Waals surface area contributed by atoms with Gasteiger partial charge < -0.3 is 0 Å². The van der Waals surface area contributed by atoms with E-state index < -0.39 is 32.6 Å². The molecule has 0 amide bonds. The van der Waals surface area contributed by atoms with Gasteiger partial charge in [-0.15, -0.1) is 0 Å². The topological polar surface area (TPSA) is 92.1 Å². The number of ketones is 2. The summed E-state index contributed by atoms with van der Waals surface area (Å²) < 4.78 is 25.8. The molecule has 0 spiro atoms. The van der Waals surface area contributed by atoms with Gasteiger partial charge >= 0.3 is 0 Å². The summed E-state index contributed by atoms with van der Waals surface area (Å²) in [7, 11) is -4.27. The molecule has 38 heavy (non-hydrogen) atoms. The first-order chi connectivity index (χ1) is 18.1. The summed E-state index contributed by atoms with van der Waals surface area (Å²) in [6, 6.07) is 30.7. The number of sulfone groups is 1. The van der Waals surface area contributed by atoms with Crippen molar-refractivity contribution in [1.29, 1.82) is 5.26 Å². The average molecular weight is 540 g/mol. The third-order valence-corrected chi connectivity index (χ3v) is 9.76. The fourth-order valence-corrected chi connectivity index (χ4v) is 6.55. The van der Waals surface area contributed by atoms with Gasteiger partial charge in [0.15, 0.2) is 21.4 Å². The number of aryl methyl sites for hydroxylation is 1. The Balaban J connectivity index is 1.71. The van der Waals surface area contributed by atoms with Crippen molar-refractivity contribution in [1.82, 2.24) is 0 Å². The number of benzene rings is 4. The van der Waals surface area contributed by atoms with Crippen LogP contribution in [0.2, 0.25) is 0 Å². The van der Waals surface area contributed by atoms with E-state index in [9.17, 15) is 18.0 Å². The van der Waals surface area contributed by atoms with Gasteiger partial charge in [0, 0.05) is 27.3 Å². The van der Waals surface area contributed by atoms with Gasteiger partial charge in [-0.1, -0.05) is 71.9 Å². The highest BCUT2D eigenvalue weighted by molar-refractivity contribution is 7.99. The molecule has 4 aromatic carbocycles. The van der Waals surface area contributed by atoms with Crippen molar-refractivity contribution < 1.29 is 18.0 Å². The first kappa shape index (κ1) is 27.1. The molecule has 0 N–H and O–H groups in total. The van der Waals surface area contributed by atoms with Crippen LogP contribution in [-0.4, -0.2) is 24.7 Å². The second kappa shape index (κ2) is 11.2. The lowest BCUT2D eigenvalue weighted by atomic mass is 9.91. The number of rotatable bonds is 9. The third kappa shape index (κ3) is 5.62. The maximum Gasteiger partial charge on any atom is 0.191 e. The van der Waals surface area contributed by atoms with E-state index in [1.807, 2.05) is 43.3 Å². The quantitative estimate of drug-likeness (QED) is 0.220. The van der Waals surface area contributed by atoms with E-state index in [2.05, 4.69) is 0 Å². The van der Waals surface area contributed by atoms with Crippen molar-refractivity contribution in [2.24, 2.45) is 0 Å². The lowest BCUT2D eigenvalue weighted by Gasteiger charge is -2.28. The van der Waals surface area contributed by atoms with Crippen molar-refractivity contribution in [3.8, 4) is 6.07 Å². The van der Waals surface area contributed by atoms with Crippen molar-refractivity contribution in [2.75, 3.05) is 0 Å². The molecule has 0 bridgehead atoms. The predicted molar refractivity (Wildman–Crippen MR) is 148 cm³/mol. The number of nitriles is 1. The molecule has 4 aromatic rings. The van der Waals surface area contributed by atoms with Gasteiger partial charge in [-0.25, -0.2) is 8.42 Å². The minimum absolute atomic E-state index is 0.0252. The second-order valence-corrected chi connectivity index (χ2v) is 12.6. The molecule has 0 heterocycles. The van der Waals surface area contributed by atoms with Gasteiger partial charge in [-0.3, -0.25) is 9.59 Å². The van der Waals surface area contributed by atoms with Crippen molar-refractivity contribution in [3.63, 3.8) is 0 Å². The Labute approximate surface area is 227 Å². The highest BCUT2D eigenvalue weighted by atomic mass is 32.2. The molecule has 4 rings (SSSR count). The third-order valence-electron chi connectivity index (χ3n) is 6.33. The fraction of sp³-hybridized carbons (Fsp3) is 0.129. The molecule has 0 saturated heterocycles. The number of hydrogen-bond donors (Lipinski definition) is 0. The normalized spacial score (nSPS) is 12.8. The Hall–Kier alpha value is -3.99. The SMILES string of the molecule is Cc1ccc(S(=O)(=O)C(C)(CC(=O)c2ccc(C#N)cc2)C(=O)c2ccc(Sc3ccccc3)cc2)cc1. The lowest BCUT2D eigenvalue weighted by Crippen LogP contribution is -2.45. The molecule has 1 atom stereocenters. The number of nitrogens with zero attached hydrogens (tertiary/aromatic N) is 1. The molecule has 0 aliphatic carbocycles. The summed E-state index contributed by atoms with van der Waals surface area (Å²) in [5.41, 5.74) is 1.68. The number of hydrogen-bond acceptors (Lipinski definition) is 6. The minimum Gasteiger partial charge on any atom is -0.294 e. The summed E-state index contributed by atoms with van der Waals surface area (Å²) in [5, 5.41) is 9.05. The number of carbonyl (C=O) groups is 2. The van der Waals surface area contributed by atoms with Gasteiger partial charge in [0.2, 0.25) is 0 Å². The number of Topliss-reactive ketones (excluding diaryl/α,β-unsaturated/α-hetero) is 2. The first-order valence-corrected chi connectivity index (χ1v) is 14.2. The molecule has 0 aromatic heterocycles. The molecule has 0 radical (unpaired) electrons. The van der Waals surface area contributed by atoms with E-state index in [0.717, 1.165) is 15.4 Å². The molecule has 190 valence electrons.